The molecule has 0 unspecified atom stereocenters. The van der Waals surface area contributed by atoms with E-state index in [-0.39, 0.29) is 42.0 Å². The fourth-order valence-electron chi connectivity index (χ4n) is 5.64. The molecule has 39 heavy (non-hydrogen) atoms. The lowest BCUT2D eigenvalue weighted by Gasteiger charge is -2.35. The summed E-state index contributed by atoms with van der Waals surface area (Å²) in [5.74, 6) is 1.16. The quantitative estimate of drug-likeness (QED) is 0.484. The number of aliphatic hydroxyl groups is 1. The molecule has 0 radical (unpaired) electrons. The molecule has 2 heterocycles. The molecule has 0 saturated heterocycles. The van der Waals surface area contributed by atoms with Gasteiger partial charge in [0.2, 0.25) is 5.91 Å². The summed E-state index contributed by atoms with van der Waals surface area (Å²) in [6.07, 6.45) is 9.15. The molecule has 1 fully saturated rings. The Labute approximate surface area is 232 Å². The highest BCUT2D eigenvalue weighted by molar-refractivity contribution is 7.92. The fourth-order valence-corrected chi connectivity index (χ4v) is 6.67. The zero-order valence-corrected chi connectivity index (χ0v) is 24.4. The Morgan fingerprint density at radius 2 is 1.97 bits per heavy atom. The van der Waals surface area contributed by atoms with Crippen molar-refractivity contribution in [3.63, 3.8) is 0 Å². The molecule has 2 aromatic rings. The van der Waals surface area contributed by atoms with Gasteiger partial charge in [0, 0.05) is 50.0 Å². The van der Waals surface area contributed by atoms with Crippen molar-refractivity contribution in [1.82, 2.24) is 19.4 Å². The van der Waals surface area contributed by atoms with Crippen molar-refractivity contribution in [3.05, 3.63) is 36.3 Å². The molecule has 4 rings (SSSR count). The normalized spacial score (nSPS) is 22.0. The van der Waals surface area contributed by atoms with Gasteiger partial charge in [-0.05, 0) is 50.9 Å². The van der Waals surface area contributed by atoms with Gasteiger partial charge in [-0.2, -0.15) is 8.42 Å². The zero-order chi connectivity index (χ0) is 28.2. The second-order valence-corrected chi connectivity index (χ2v) is 13.0. The molecule has 216 valence electrons. The first-order chi connectivity index (χ1) is 18.6. The molecule has 2 N–H and O–H groups in total. The van der Waals surface area contributed by atoms with Crippen LogP contribution in [-0.2, 0) is 28.3 Å². The number of hydrogen-bond donors (Lipinski definition) is 2. The zero-order valence-electron chi connectivity index (χ0n) is 23.5. The average Bonchev–Trinajstić information content (AvgIpc) is 3.36. The van der Waals surface area contributed by atoms with Crippen molar-refractivity contribution in [2.75, 3.05) is 38.0 Å². The van der Waals surface area contributed by atoms with Gasteiger partial charge in [-0.1, -0.05) is 26.2 Å². The van der Waals surface area contributed by atoms with Crippen molar-refractivity contribution >= 4 is 21.6 Å². The van der Waals surface area contributed by atoms with Crippen molar-refractivity contribution in [3.8, 4) is 5.75 Å². The number of nitrogens with one attached hydrogen (secondary N) is 1. The molecule has 1 aromatic heterocycles. The van der Waals surface area contributed by atoms with E-state index >= 15 is 0 Å². The molecule has 11 heteroatoms. The maximum absolute atomic E-state index is 13.4. The molecule has 0 spiro atoms. The first-order valence-electron chi connectivity index (χ1n) is 13.9. The number of aromatic nitrogens is 2. The maximum atomic E-state index is 13.4. The largest absolute Gasteiger partial charge is 0.488 e. The Hall–Kier alpha value is -2.63. The monoisotopic (exact) mass is 561 g/mol. The van der Waals surface area contributed by atoms with Gasteiger partial charge in [-0.15, -0.1) is 0 Å². The summed E-state index contributed by atoms with van der Waals surface area (Å²) < 4.78 is 36.5. The van der Waals surface area contributed by atoms with Crippen LogP contribution in [0, 0.1) is 11.8 Å². The maximum Gasteiger partial charge on any atom is 0.280 e. The standard InChI is InChI=1S/C28H43N5O5S/c1-20-14-33(21(2)18-34)28(35)13-23-12-24(30-39(36,37)27-17-32(4)19-29-27)10-11-25(23)38-26(20)16-31(3)15-22-8-6-5-7-9-22/h10-12,17,19-22,26,30,34H,5-9,13-16,18H2,1-4H3/t20-,21+,26-/m0/s1. The molecule has 1 aliphatic heterocycles. The number of rotatable bonds is 9. The lowest BCUT2D eigenvalue weighted by atomic mass is 9.89. The molecule has 1 aromatic carbocycles. The second kappa shape index (κ2) is 12.7. The number of aliphatic hydroxyl groups excluding tert-OH is 1. The predicted molar refractivity (Wildman–Crippen MR) is 150 cm³/mol. The minimum Gasteiger partial charge on any atom is -0.488 e. The Morgan fingerprint density at radius 3 is 2.64 bits per heavy atom. The Kier molecular flexibility index (Phi) is 9.56. The van der Waals surface area contributed by atoms with E-state index in [4.69, 9.17) is 4.74 Å². The Bertz CT molecular complexity index is 1230. The summed E-state index contributed by atoms with van der Waals surface area (Å²) in [6, 6.07) is 4.72. The number of ether oxygens (including phenoxy) is 1. The van der Waals surface area contributed by atoms with Gasteiger partial charge in [0.05, 0.1) is 25.4 Å². The van der Waals surface area contributed by atoms with E-state index in [2.05, 4.69) is 28.6 Å². The molecule has 1 amide bonds. The van der Waals surface area contributed by atoms with Crippen molar-refractivity contribution in [1.29, 1.82) is 0 Å². The Balaban J connectivity index is 1.60. The van der Waals surface area contributed by atoms with E-state index in [0.717, 1.165) is 6.54 Å². The van der Waals surface area contributed by atoms with Gasteiger partial charge >= 0.3 is 0 Å². The number of carbonyl (C=O) groups is 1. The van der Waals surface area contributed by atoms with E-state index < -0.39 is 10.0 Å². The molecule has 1 aliphatic carbocycles. The minimum atomic E-state index is -3.89. The van der Waals surface area contributed by atoms with Gasteiger partial charge in [-0.25, -0.2) is 4.98 Å². The highest BCUT2D eigenvalue weighted by Crippen LogP contribution is 2.30. The molecular weight excluding hydrogens is 518 g/mol. The Morgan fingerprint density at radius 1 is 1.23 bits per heavy atom. The lowest BCUT2D eigenvalue weighted by Crippen LogP contribution is -2.48. The fraction of sp³-hybridized carbons (Fsp3) is 0.643. The topological polar surface area (TPSA) is 117 Å². The number of fused-ring (bicyclic) bond motifs is 1. The first-order valence-corrected chi connectivity index (χ1v) is 15.4. The molecule has 3 atom stereocenters. The smallest absolute Gasteiger partial charge is 0.280 e. The van der Waals surface area contributed by atoms with Gasteiger partial charge in [0.15, 0.2) is 5.03 Å². The van der Waals surface area contributed by atoms with Gasteiger partial charge in [-0.3, -0.25) is 9.52 Å². The van der Waals surface area contributed by atoms with Crippen molar-refractivity contribution < 1.29 is 23.1 Å². The number of amides is 1. The van der Waals surface area contributed by atoms with Crippen LogP contribution in [0.2, 0.25) is 0 Å². The van der Waals surface area contributed by atoms with Crippen LogP contribution >= 0.6 is 0 Å². The second-order valence-electron chi connectivity index (χ2n) is 11.4. The minimum absolute atomic E-state index is 0.0186. The van der Waals surface area contributed by atoms with E-state index in [1.807, 2.05) is 6.92 Å². The van der Waals surface area contributed by atoms with Crippen LogP contribution in [0.4, 0.5) is 5.69 Å². The lowest BCUT2D eigenvalue weighted by molar-refractivity contribution is -0.134. The predicted octanol–water partition coefficient (Wildman–Crippen LogP) is 2.88. The summed E-state index contributed by atoms with van der Waals surface area (Å²) in [5, 5.41) is 9.79. The number of aryl methyl sites for hydroxylation is 1. The van der Waals surface area contributed by atoms with Crippen LogP contribution in [0.3, 0.4) is 0 Å². The summed E-state index contributed by atoms with van der Waals surface area (Å²) in [4.78, 5) is 21.4. The van der Waals surface area contributed by atoms with E-state index in [9.17, 15) is 18.3 Å². The number of benzene rings is 1. The number of likely N-dealkylation sites (N-methyl/N-ethyl adjacent to an activating group) is 1. The summed E-state index contributed by atoms with van der Waals surface area (Å²) >= 11 is 0. The van der Waals surface area contributed by atoms with E-state index in [1.54, 1.807) is 34.7 Å². The number of imidazole rings is 1. The highest BCUT2D eigenvalue weighted by Gasteiger charge is 2.32. The van der Waals surface area contributed by atoms with Crippen LogP contribution in [0.1, 0.15) is 51.5 Å². The summed E-state index contributed by atoms with van der Waals surface area (Å²) in [5.41, 5.74) is 0.932. The highest BCUT2D eigenvalue weighted by atomic mass is 32.2. The third kappa shape index (κ3) is 7.52. The van der Waals surface area contributed by atoms with Crippen LogP contribution in [-0.4, -0.2) is 84.2 Å². The number of sulfonamides is 1. The average molecular weight is 562 g/mol. The van der Waals surface area contributed by atoms with E-state index in [1.165, 1.54) is 44.6 Å². The van der Waals surface area contributed by atoms with E-state index in [0.29, 0.717) is 36.0 Å². The van der Waals surface area contributed by atoms with Gasteiger partial charge in [0.1, 0.15) is 11.9 Å². The van der Waals surface area contributed by atoms with Crippen molar-refractivity contribution in [2.45, 2.75) is 69.5 Å². The third-order valence-corrected chi connectivity index (χ3v) is 9.18. The summed E-state index contributed by atoms with van der Waals surface area (Å²) in [7, 11) is -0.0589. The molecule has 0 bridgehead atoms. The van der Waals surface area contributed by atoms with Crippen LogP contribution in [0.25, 0.3) is 0 Å². The number of carbonyl (C=O) groups excluding carboxylic acids is 1. The van der Waals surface area contributed by atoms with Crippen LogP contribution in [0.5, 0.6) is 5.75 Å². The number of hydrogen-bond acceptors (Lipinski definition) is 7. The molecule has 1 saturated carbocycles. The molecule has 2 aliphatic rings. The number of nitrogens with zero attached hydrogens (tertiary/aromatic N) is 4. The number of anilines is 1. The summed E-state index contributed by atoms with van der Waals surface area (Å²) in [6.45, 7) is 5.98. The third-order valence-electron chi connectivity index (χ3n) is 7.91. The van der Waals surface area contributed by atoms with Crippen molar-refractivity contribution in [2.24, 2.45) is 18.9 Å². The van der Waals surface area contributed by atoms with Gasteiger partial charge in [0.25, 0.3) is 10.0 Å². The molecule has 10 nitrogen and oxygen atoms in total. The molecular formula is C28H43N5O5S. The van der Waals surface area contributed by atoms with Gasteiger partial charge < -0.3 is 24.2 Å². The van der Waals surface area contributed by atoms with Crippen LogP contribution in [0.15, 0.2) is 35.7 Å². The first kappa shape index (κ1) is 29.4. The SMILES string of the molecule is C[C@H](CO)N1C[C@H](C)[C@H](CN(C)CC2CCCCC2)Oc2ccc(NS(=O)(=O)c3cn(C)cn3)cc2CC1=O. The van der Waals surface area contributed by atoms with Crippen LogP contribution < -0.4 is 9.46 Å².